The molecule has 0 spiro atoms. The van der Waals surface area contributed by atoms with Gasteiger partial charge in [0.1, 0.15) is 17.3 Å². The van der Waals surface area contributed by atoms with E-state index < -0.39 is 23.9 Å². The van der Waals surface area contributed by atoms with Gasteiger partial charge in [-0.25, -0.2) is 9.18 Å². The van der Waals surface area contributed by atoms with E-state index in [0.29, 0.717) is 30.1 Å². The van der Waals surface area contributed by atoms with Gasteiger partial charge in [0.05, 0.1) is 5.56 Å². The summed E-state index contributed by atoms with van der Waals surface area (Å²) in [5.74, 6) is -0.726. The highest BCUT2D eigenvalue weighted by Crippen LogP contribution is 2.33. The third-order valence-corrected chi connectivity index (χ3v) is 5.90. The molecule has 0 saturated carbocycles. The molecule has 7 nitrogen and oxygen atoms in total. The van der Waals surface area contributed by atoms with E-state index in [-0.39, 0.29) is 18.1 Å². The fourth-order valence-electron chi connectivity index (χ4n) is 4.35. The van der Waals surface area contributed by atoms with Crippen LogP contribution in [0.25, 0.3) is 0 Å². The van der Waals surface area contributed by atoms with Gasteiger partial charge >= 0.3 is 11.9 Å². The highest BCUT2D eigenvalue weighted by atomic mass is 19.1. The summed E-state index contributed by atoms with van der Waals surface area (Å²) in [7, 11) is 0. The Labute approximate surface area is 178 Å². The van der Waals surface area contributed by atoms with E-state index in [1.54, 1.807) is 29.2 Å². The van der Waals surface area contributed by atoms with E-state index in [4.69, 9.17) is 4.74 Å². The largest absolute Gasteiger partial charge is 0.506 e. The Balaban J connectivity index is 1.58. The maximum absolute atomic E-state index is 13.5. The first-order chi connectivity index (χ1) is 15.0. The molecular weight excluding hydrogens is 401 g/mol. The van der Waals surface area contributed by atoms with Gasteiger partial charge in [0, 0.05) is 13.1 Å². The molecule has 2 aromatic carbocycles. The third-order valence-electron chi connectivity index (χ3n) is 5.90. The van der Waals surface area contributed by atoms with E-state index >= 15 is 0 Å². The zero-order valence-electron chi connectivity index (χ0n) is 16.8. The summed E-state index contributed by atoms with van der Waals surface area (Å²) in [6, 6.07) is 11.5. The average Bonchev–Trinajstić information content (AvgIpc) is 3.18. The van der Waals surface area contributed by atoms with Crippen LogP contribution in [-0.4, -0.2) is 58.8 Å². The summed E-state index contributed by atoms with van der Waals surface area (Å²) in [6.07, 6.45) is 1.91. The fourth-order valence-corrected chi connectivity index (χ4v) is 4.35. The van der Waals surface area contributed by atoms with E-state index in [1.165, 1.54) is 28.8 Å². The number of para-hydroxylation sites is 1. The van der Waals surface area contributed by atoms with Crippen LogP contribution in [0.3, 0.4) is 0 Å². The van der Waals surface area contributed by atoms with Crippen LogP contribution in [0.5, 0.6) is 5.75 Å². The van der Waals surface area contributed by atoms with Crippen molar-refractivity contribution in [3.8, 4) is 5.75 Å². The van der Waals surface area contributed by atoms with Crippen molar-refractivity contribution in [1.82, 2.24) is 4.90 Å². The van der Waals surface area contributed by atoms with Gasteiger partial charge in [0.25, 0.3) is 12.0 Å². The lowest BCUT2D eigenvalue weighted by Crippen LogP contribution is -2.59. The molecule has 0 aliphatic carbocycles. The Morgan fingerprint density at radius 3 is 2.48 bits per heavy atom. The molecule has 2 aromatic rings. The lowest BCUT2D eigenvalue weighted by molar-refractivity contribution is -0.418. The number of carbonyl (C=O) groups is 3. The van der Waals surface area contributed by atoms with Gasteiger partial charge in [-0.1, -0.05) is 12.1 Å². The number of anilines is 1. The Hall–Kier alpha value is -3.55. The summed E-state index contributed by atoms with van der Waals surface area (Å²) in [5.41, 5.74) is 1.24. The van der Waals surface area contributed by atoms with E-state index in [0.717, 1.165) is 24.2 Å². The minimum absolute atomic E-state index is 0.169. The molecule has 5 rings (SSSR count). The summed E-state index contributed by atoms with van der Waals surface area (Å²) in [5, 5.41) is 0. The van der Waals surface area contributed by atoms with Crippen molar-refractivity contribution in [2.24, 2.45) is 0 Å². The van der Waals surface area contributed by atoms with Crippen LogP contribution in [0.2, 0.25) is 0 Å². The molecule has 1 fully saturated rings. The van der Waals surface area contributed by atoms with E-state index in [2.05, 4.69) is 0 Å². The van der Waals surface area contributed by atoms with Crippen LogP contribution in [-0.2, 0) is 9.59 Å². The maximum atomic E-state index is 13.5. The SMILES string of the molecule is O=C(C[N+]1=C2c3ccccc3OC2C(=O)N(c2ccc(F)cc2)C1=O)N1CCCCC1. The number of ether oxygens (including phenoxy) is 1. The second-order valence-corrected chi connectivity index (χ2v) is 7.84. The van der Waals surface area contributed by atoms with E-state index in [1.807, 2.05) is 0 Å². The zero-order valence-corrected chi connectivity index (χ0v) is 16.8. The standard InChI is InChI=1S/C23H21FN3O4/c24-15-8-10-16(11-9-15)27-22(29)21-20(17-6-2-3-7-18(17)31-21)26(23(27)30)14-19(28)25-12-4-1-5-13-25/h2-3,6-11,21H,1,4-5,12-14H2/q+1. The van der Waals surface area contributed by atoms with Crippen molar-refractivity contribution in [3.63, 3.8) is 0 Å². The van der Waals surface area contributed by atoms with Crippen molar-refractivity contribution in [2.45, 2.75) is 25.4 Å². The number of nitrogens with zero attached hydrogens (tertiary/aromatic N) is 3. The quantitative estimate of drug-likeness (QED) is 0.713. The molecule has 1 saturated heterocycles. The van der Waals surface area contributed by atoms with Crippen LogP contribution >= 0.6 is 0 Å². The Morgan fingerprint density at radius 1 is 1.03 bits per heavy atom. The number of halogens is 1. The lowest BCUT2D eigenvalue weighted by Gasteiger charge is -2.28. The first kappa shape index (κ1) is 19.4. The number of fused-ring (bicyclic) bond motifs is 3. The Morgan fingerprint density at radius 2 is 1.74 bits per heavy atom. The molecule has 3 aliphatic rings. The lowest BCUT2D eigenvalue weighted by atomic mass is 10.0. The number of hydrogen-bond acceptors (Lipinski definition) is 4. The summed E-state index contributed by atoms with van der Waals surface area (Å²) in [4.78, 5) is 42.5. The van der Waals surface area contributed by atoms with Gasteiger partial charge in [-0.05, 0) is 55.7 Å². The van der Waals surface area contributed by atoms with Gasteiger partial charge in [-0.15, -0.1) is 4.90 Å². The van der Waals surface area contributed by atoms with Crippen LogP contribution in [0.4, 0.5) is 14.9 Å². The molecule has 3 aliphatic heterocycles. The number of urea groups is 1. The minimum atomic E-state index is -1.05. The minimum Gasteiger partial charge on any atom is -0.469 e. The first-order valence-electron chi connectivity index (χ1n) is 10.4. The molecular formula is C23H21FN3O4+. The highest BCUT2D eigenvalue weighted by molar-refractivity contribution is 6.29. The predicted octanol–water partition coefficient (Wildman–Crippen LogP) is 2.57. The van der Waals surface area contributed by atoms with Crippen molar-refractivity contribution in [1.29, 1.82) is 0 Å². The number of carbonyl (C=O) groups excluding carboxylic acids is 3. The monoisotopic (exact) mass is 422 g/mol. The highest BCUT2D eigenvalue weighted by Gasteiger charge is 2.55. The summed E-state index contributed by atoms with van der Waals surface area (Å²) < 4.78 is 20.6. The number of imide groups is 1. The number of benzene rings is 2. The molecule has 0 radical (unpaired) electrons. The van der Waals surface area contributed by atoms with Gasteiger partial charge < -0.3 is 9.64 Å². The molecule has 4 amide bonds. The van der Waals surface area contributed by atoms with E-state index in [9.17, 15) is 18.8 Å². The molecule has 1 unspecified atom stereocenters. The first-order valence-corrected chi connectivity index (χ1v) is 10.4. The maximum Gasteiger partial charge on any atom is 0.506 e. The van der Waals surface area contributed by atoms with Crippen LogP contribution in [0, 0.1) is 5.82 Å². The number of likely N-dealkylation sites (tertiary alicyclic amines) is 1. The smallest absolute Gasteiger partial charge is 0.469 e. The summed E-state index contributed by atoms with van der Waals surface area (Å²) >= 11 is 0. The van der Waals surface area contributed by atoms with Gasteiger partial charge in [-0.2, -0.15) is 9.37 Å². The number of rotatable bonds is 3. The van der Waals surface area contributed by atoms with Crippen LogP contribution in [0.15, 0.2) is 48.5 Å². The predicted molar refractivity (Wildman–Crippen MR) is 110 cm³/mol. The van der Waals surface area contributed by atoms with Crippen LogP contribution in [0.1, 0.15) is 24.8 Å². The van der Waals surface area contributed by atoms with Gasteiger partial charge in [0.15, 0.2) is 12.3 Å². The van der Waals surface area contributed by atoms with Crippen LogP contribution < -0.4 is 9.64 Å². The molecule has 0 bridgehead atoms. The topological polar surface area (TPSA) is 69.9 Å². The second-order valence-electron chi connectivity index (χ2n) is 7.84. The summed E-state index contributed by atoms with van der Waals surface area (Å²) in [6.45, 7) is 1.13. The Kier molecular flexibility index (Phi) is 4.77. The molecule has 1 atom stereocenters. The molecule has 3 heterocycles. The number of amides is 4. The fraction of sp³-hybridized carbons (Fsp3) is 0.304. The average molecular weight is 422 g/mol. The molecule has 31 heavy (non-hydrogen) atoms. The Bertz CT molecular complexity index is 1110. The molecule has 0 N–H and O–H groups in total. The number of piperidine rings is 1. The molecule has 0 aromatic heterocycles. The van der Waals surface area contributed by atoms with Crippen molar-refractivity contribution in [3.05, 3.63) is 59.9 Å². The third kappa shape index (κ3) is 3.28. The van der Waals surface area contributed by atoms with Crippen molar-refractivity contribution in [2.75, 3.05) is 24.5 Å². The van der Waals surface area contributed by atoms with Gasteiger partial charge in [-0.3, -0.25) is 4.79 Å². The molecule has 158 valence electrons. The number of hydrogen-bond donors (Lipinski definition) is 0. The van der Waals surface area contributed by atoms with Crippen molar-refractivity contribution >= 4 is 29.2 Å². The normalized spacial score (nSPS) is 20.5. The zero-order chi connectivity index (χ0) is 21.5. The molecule has 8 heteroatoms. The second kappa shape index (κ2) is 7.61. The van der Waals surface area contributed by atoms with Crippen molar-refractivity contribution < 1.29 is 28.1 Å². The van der Waals surface area contributed by atoms with Gasteiger partial charge in [0.2, 0.25) is 0 Å².